The van der Waals surface area contributed by atoms with Crippen molar-refractivity contribution in [2.45, 2.75) is 6.92 Å². The Bertz CT molecular complexity index is 599. The van der Waals surface area contributed by atoms with Crippen LogP contribution >= 0.6 is 23.2 Å². The van der Waals surface area contributed by atoms with E-state index in [2.05, 4.69) is 10.3 Å². The van der Waals surface area contributed by atoms with E-state index >= 15 is 0 Å². The highest BCUT2D eigenvalue weighted by molar-refractivity contribution is 6.31. The topological polar surface area (TPSA) is 42.0 Å². The number of pyridine rings is 1. The molecule has 18 heavy (non-hydrogen) atoms. The van der Waals surface area contributed by atoms with Crippen LogP contribution in [0.2, 0.25) is 10.2 Å². The lowest BCUT2D eigenvalue weighted by atomic mass is 10.2. The van der Waals surface area contributed by atoms with Crippen LogP contribution in [-0.4, -0.2) is 10.9 Å². The van der Waals surface area contributed by atoms with Crippen molar-refractivity contribution in [2.24, 2.45) is 0 Å². The van der Waals surface area contributed by atoms with E-state index in [4.69, 9.17) is 23.2 Å². The molecule has 0 aliphatic carbocycles. The summed E-state index contributed by atoms with van der Waals surface area (Å²) < 4.78 is 0. The van der Waals surface area contributed by atoms with Crippen LogP contribution < -0.4 is 5.32 Å². The quantitative estimate of drug-likeness (QED) is 0.847. The van der Waals surface area contributed by atoms with Crippen molar-refractivity contribution in [2.75, 3.05) is 5.32 Å². The molecule has 0 bridgehead atoms. The molecule has 0 unspecified atom stereocenters. The lowest BCUT2D eigenvalue weighted by molar-refractivity contribution is 0.102. The standard InChI is InChI=1S/C13H10Cl2N2O/c1-8-2-3-10(7-11(8)14)17-13(18)9-4-5-16-12(15)6-9/h2-7H,1H3,(H,17,18). The van der Waals surface area contributed by atoms with Gasteiger partial charge in [-0.15, -0.1) is 0 Å². The van der Waals surface area contributed by atoms with E-state index in [1.807, 2.05) is 13.0 Å². The molecular weight excluding hydrogens is 271 g/mol. The number of hydrogen-bond donors (Lipinski definition) is 1. The number of nitrogens with zero attached hydrogens (tertiary/aromatic N) is 1. The number of rotatable bonds is 2. The molecule has 5 heteroatoms. The molecule has 0 saturated heterocycles. The van der Waals surface area contributed by atoms with Crippen LogP contribution in [0.15, 0.2) is 36.5 Å². The van der Waals surface area contributed by atoms with E-state index in [1.165, 1.54) is 12.3 Å². The summed E-state index contributed by atoms with van der Waals surface area (Å²) in [6, 6.07) is 8.45. The van der Waals surface area contributed by atoms with E-state index in [9.17, 15) is 4.79 Å². The van der Waals surface area contributed by atoms with Crippen LogP contribution in [0.5, 0.6) is 0 Å². The zero-order valence-corrected chi connectivity index (χ0v) is 11.1. The Morgan fingerprint density at radius 1 is 1.22 bits per heavy atom. The molecule has 1 heterocycles. The molecular formula is C13H10Cl2N2O. The van der Waals surface area contributed by atoms with Gasteiger partial charge in [0, 0.05) is 22.5 Å². The number of hydrogen-bond acceptors (Lipinski definition) is 2. The Balaban J connectivity index is 2.18. The van der Waals surface area contributed by atoms with Crippen molar-refractivity contribution in [3.63, 3.8) is 0 Å². The minimum atomic E-state index is -0.251. The first-order valence-corrected chi connectivity index (χ1v) is 6.01. The lowest BCUT2D eigenvalue weighted by Crippen LogP contribution is -2.11. The van der Waals surface area contributed by atoms with E-state index < -0.39 is 0 Å². The van der Waals surface area contributed by atoms with E-state index in [1.54, 1.807) is 18.2 Å². The fourth-order valence-electron chi connectivity index (χ4n) is 1.42. The summed E-state index contributed by atoms with van der Waals surface area (Å²) in [4.78, 5) is 15.7. The normalized spacial score (nSPS) is 10.2. The molecule has 1 aromatic heterocycles. The largest absolute Gasteiger partial charge is 0.322 e. The average molecular weight is 281 g/mol. The molecule has 92 valence electrons. The molecule has 0 atom stereocenters. The van der Waals surface area contributed by atoms with Gasteiger partial charge in [-0.2, -0.15) is 0 Å². The third-order valence-electron chi connectivity index (χ3n) is 2.42. The second-order valence-corrected chi connectivity index (χ2v) is 4.58. The van der Waals surface area contributed by atoms with Crippen LogP contribution in [-0.2, 0) is 0 Å². The van der Waals surface area contributed by atoms with Gasteiger partial charge in [0.2, 0.25) is 0 Å². The van der Waals surface area contributed by atoms with Gasteiger partial charge in [0.25, 0.3) is 5.91 Å². The summed E-state index contributed by atoms with van der Waals surface area (Å²) in [6.45, 7) is 1.90. The zero-order chi connectivity index (χ0) is 13.1. The maximum atomic E-state index is 11.9. The Morgan fingerprint density at radius 3 is 2.67 bits per heavy atom. The van der Waals surface area contributed by atoms with Crippen molar-refractivity contribution in [1.82, 2.24) is 4.98 Å². The number of carbonyl (C=O) groups is 1. The van der Waals surface area contributed by atoms with Gasteiger partial charge in [-0.05, 0) is 36.8 Å². The number of aromatic nitrogens is 1. The first-order chi connectivity index (χ1) is 8.56. The summed E-state index contributed by atoms with van der Waals surface area (Å²) in [7, 11) is 0. The van der Waals surface area contributed by atoms with Gasteiger partial charge >= 0.3 is 0 Å². The third-order valence-corrected chi connectivity index (χ3v) is 3.03. The number of halogens is 2. The van der Waals surface area contributed by atoms with Crippen molar-refractivity contribution in [1.29, 1.82) is 0 Å². The number of amides is 1. The predicted octanol–water partition coefficient (Wildman–Crippen LogP) is 3.95. The van der Waals surface area contributed by atoms with Gasteiger partial charge in [-0.3, -0.25) is 4.79 Å². The molecule has 0 saturated carbocycles. The Morgan fingerprint density at radius 2 is 2.00 bits per heavy atom. The molecule has 2 aromatic rings. The van der Waals surface area contributed by atoms with Gasteiger partial charge in [0.1, 0.15) is 5.15 Å². The maximum Gasteiger partial charge on any atom is 0.255 e. The average Bonchev–Trinajstić information content (AvgIpc) is 2.34. The predicted molar refractivity (Wildman–Crippen MR) is 73.4 cm³/mol. The molecule has 2 rings (SSSR count). The van der Waals surface area contributed by atoms with Crippen LogP contribution in [0.25, 0.3) is 0 Å². The number of benzene rings is 1. The SMILES string of the molecule is Cc1ccc(NC(=O)c2ccnc(Cl)c2)cc1Cl. The first kappa shape index (κ1) is 12.9. The highest BCUT2D eigenvalue weighted by atomic mass is 35.5. The summed E-state index contributed by atoms with van der Waals surface area (Å²) in [5.41, 5.74) is 2.05. The van der Waals surface area contributed by atoms with E-state index in [-0.39, 0.29) is 11.1 Å². The van der Waals surface area contributed by atoms with Crippen molar-refractivity contribution < 1.29 is 4.79 Å². The highest BCUT2D eigenvalue weighted by Crippen LogP contribution is 2.20. The number of anilines is 1. The molecule has 0 radical (unpaired) electrons. The Hall–Kier alpha value is -1.58. The second-order valence-electron chi connectivity index (χ2n) is 3.79. The number of carbonyl (C=O) groups excluding carboxylic acids is 1. The fourth-order valence-corrected chi connectivity index (χ4v) is 1.77. The summed E-state index contributed by atoms with van der Waals surface area (Å²) in [5, 5.41) is 3.64. The van der Waals surface area contributed by atoms with Crippen LogP contribution in [0.3, 0.4) is 0 Å². The first-order valence-electron chi connectivity index (χ1n) is 5.25. The van der Waals surface area contributed by atoms with Crippen LogP contribution in [0, 0.1) is 6.92 Å². The molecule has 0 spiro atoms. The van der Waals surface area contributed by atoms with Crippen molar-refractivity contribution in [3.05, 3.63) is 57.8 Å². The highest BCUT2D eigenvalue weighted by Gasteiger charge is 2.07. The van der Waals surface area contributed by atoms with Crippen molar-refractivity contribution >= 4 is 34.8 Å². The van der Waals surface area contributed by atoms with Crippen LogP contribution in [0.1, 0.15) is 15.9 Å². The molecule has 0 fully saturated rings. The molecule has 1 amide bonds. The fraction of sp³-hybridized carbons (Fsp3) is 0.0769. The number of aryl methyl sites for hydroxylation is 1. The van der Waals surface area contributed by atoms with Gasteiger partial charge in [-0.25, -0.2) is 4.98 Å². The smallest absolute Gasteiger partial charge is 0.255 e. The molecule has 3 nitrogen and oxygen atoms in total. The van der Waals surface area contributed by atoms with Crippen LogP contribution in [0.4, 0.5) is 5.69 Å². The maximum absolute atomic E-state index is 11.9. The lowest BCUT2D eigenvalue weighted by Gasteiger charge is -2.06. The monoisotopic (exact) mass is 280 g/mol. The Labute approximate surface area is 115 Å². The van der Waals surface area contributed by atoms with Gasteiger partial charge in [-0.1, -0.05) is 29.3 Å². The molecule has 1 aromatic carbocycles. The van der Waals surface area contributed by atoms with E-state index in [0.717, 1.165) is 5.56 Å². The second kappa shape index (κ2) is 5.38. The Kier molecular flexibility index (Phi) is 3.84. The minimum absolute atomic E-state index is 0.251. The molecule has 0 aliphatic heterocycles. The number of nitrogens with one attached hydrogen (secondary N) is 1. The third kappa shape index (κ3) is 3.00. The van der Waals surface area contributed by atoms with Gasteiger partial charge in [0.15, 0.2) is 0 Å². The van der Waals surface area contributed by atoms with Gasteiger partial charge < -0.3 is 5.32 Å². The van der Waals surface area contributed by atoms with E-state index in [0.29, 0.717) is 16.3 Å². The molecule has 1 N–H and O–H groups in total. The summed E-state index contributed by atoms with van der Waals surface area (Å²) in [6.07, 6.45) is 1.49. The van der Waals surface area contributed by atoms with Crippen molar-refractivity contribution in [3.8, 4) is 0 Å². The molecule has 0 aliphatic rings. The minimum Gasteiger partial charge on any atom is -0.322 e. The zero-order valence-electron chi connectivity index (χ0n) is 9.58. The summed E-state index contributed by atoms with van der Waals surface area (Å²) >= 11 is 11.7. The summed E-state index contributed by atoms with van der Waals surface area (Å²) in [5.74, 6) is -0.251. The van der Waals surface area contributed by atoms with Gasteiger partial charge in [0.05, 0.1) is 0 Å².